The lowest BCUT2D eigenvalue weighted by atomic mass is 10.2. The molecule has 0 saturated carbocycles. The van der Waals surface area contributed by atoms with Gasteiger partial charge in [-0.1, -0.05) is 0 Å². The van der Waals surface area contributed by atoms with Gasteiger partial charge in [0.15, 0.2) is 0 Å². The highest BCUT2D eigenvalue weighted by atomic mass is 32.2. The zero-order chi connectivity index (χ0) is 14.3. The van der Waals surface area contributed by atoms with E-state index < -0.39 is 15.8 Å². The van der Waals surface area contributed by atoms with Gasteiger partial charge < -0.3 is 5.73 Å². The summed E-state index contributed by atoms with van der Waals surface area (Å²) in [6.45, 7) is 2.60. The molecule has 0 aliphatic carbocycles. The van der Waals surface area contributed by atoms with Crippen LogP contribution in [0, 0.1) is 5.82 Å². The largest absolute Gasteiger partial charge is 0.399 e. The van der Waals surface area contributed by atoms with E-state index >= 15 is 0 Å². The first-order valence-corrected chi connectivity index (χ1v) is 8.22. The predicted octanol–water partition coefficient (Wildman–Crippen LogP) is 0.877. The lowest BCUT2D eigenvalue weighted by Gasteiger charge is -2.36. The summed E-state index contributed by atoms with van der Waals surface area (Å²) in [4.78, 5) is 1.99. The van der Waals surface area contributed by atoms with Crippen molar-refractivity contribution in [2.45, 2.75) is 23.8 Å². The van der Waals surface area contributed by atoms with Crippen molar-refractivity contribution in [3.63, 3.8) is 0 Å². The maximum atomic E-state index is 13.8. The van der Waals surface area contributed by atoms with Gasteiger partial charge >= 0.3 is 0 Å². The Hall–Kier alpha value is -1.18. The Balaban J connectivity index is 1.90. The first kappa shape index (κ1) is 13.8. The fraction of sp³-hybridized carbons (Fsp3) is 0.538. The molecule has 2 N–H and O–H groups in total. The van der Waals surface area contributed by atoms with Crippen molar-refractivity contribution in [3.05, 3.63) is 24.0 Å². The Morgan fingerprint density at radius 3 is 2.85 bits per heavy atom. The number of nitrogens with two attached hydrogens (primary N) is 1. The molecule has 0 amide bonds. The van der Waals surface area contributed by atoms with E-state index in [-0.39, 0.29) is 16.6 Å². The molecule has 1 aromatic carbocycles. The van der Waals surface area contributed by atoms with Gasteiger partial charge in [0.2, 0.25) is 10.0 Å². The average molecular weight is 299 g/mol. The summed E-state index contributed by atoms with van der Waals surface area (Å²) < 4.78 is 40.3. The number of nitrogen functional groups attached to an aromatic ring is 1. The molecule has 2 heterocycles. The number of hydrogen-bond donors (Lipinski definition) is 1. The molecule has 20 heavy (non-hydrogen) atoms. The number of fused-ring (bicyclic) bond motifs is 1. The van der Waals surface area contributed by atoms with E-state index in [0.717, 1.165) is 25.5 Å². The number of sulfonamides is 1. The van der Waals surface area contributed by atoms with Gasteiger partial charge in [-0.05, 0) is 37.6 Å². The summed E-state index contributed by atoms with van der Waals surface area (Å²) >= 11 is 0. The van der Waals surface area contributed by atoms with Gasteiger partial charge in [0, 0.05) is 31.4 Å². The molecule has 5 nitrogen and oxygen atoms in total. The molecule has 0 aromatic heterocycles. The van der Waals surface area contributed by atoms with Gasteiger partial charge in [-0.3, -0.25) is 4.90 Å². The van der Waals surface area contributed by atoms with Gasteiger partial charge in [0.25, 0.3) is 0 Å². The summed E-state index contributed by atoms with van der Waals surface area (Å²) in [5.74, 6) is -0.743. The first-order chi connectivity index (χ1) is 9.48. The highest BCUT2D eigenvalue weighted by molar-refractivity contribution is 7.89. The van der Waals surface area contributed by atoms with E-state index in [0.29, 0.717) is 19.6 Å². The second-order valence-electron chi connectivity index (χ2n) is 5.38. The molecule has 110 valence electrons. The molecule has 2 aliphatic heterocycles. The van der Waals surface area contributed by atoms with Gasteiger partial charge in [0.1, 0.15) is 10.7 Å². The van der Waals surface area contributed by atoms with Crippen LogP contribution < -0.4 is 5.73 Å². The third-order valence-electron chi connectivity index (χ3n) is 4.12. The molecule has 2 saturated heterocycles. The molecule has 1 atom stereocenters. The molecule has 2 aliphatic rings. The number of piperazine rings is 1. The summed E-state index contributed by atoms with van der Waals surface area (Å²) in [6, 6.07) is 3.94. The Kier molecular flexibility index (Phi) is 3.43. The molecule has 0 spiro atoms. The molecule has 2 fully saturated rings. The van der Waals surface area contributed by atoms with Gasteiger partial charge in [-0.15, -0.1) is 0 Å². The fourth-order valence-corrected chi connectivity index (χ4v) is 4.61. The number of anilines is 1. The topological polar surface area (TPSA) is 66.6 Å². The highest BCUT2D eigenvalue weighted by Gasteiger charge is 2.37. The lowest BCUT2D eigenvalue weighted by molar-refractivity contribution is 0.158. The zero-order valence-corrected chi connectivity index (χ0v) is 11.9. The maximum Gasteiger partial charge on any atom is 0.246 e. The predicted molar refractivity (Wildman–Crippen MR) is 74.2 cm³/mol. The monoisotopic (exact) mass is 299 g/mol. The van der Waals surface area contributed by atoms with E-state index in [1.165, 1.54) is 16.4 Å². The summed E-state index contributed by atoms with van der Waals surface area (Å²) in [6.07, 6.45) is 2.11. The Bertz CT molecular complexity index is 620. The normalized spacial score (nSPS) is 24.8. The minimum absolute atomic E-state index is 0.254. The molecule has 0 bridgehead atoms. The van der Waals surface area contributed by atoms with Crippen LogP contribution in [0.15, 0.2) is 23.1 Å². The van der Waals surface area contributed by atoms with Crippen molar-refractivity contribution in [2.75, 3.05) is 31.9 Å². The maximum absolute atomic E-state index is 13.8. The zero-order valence-electron chi connectivity index (χ0n) is 11.1. The molecule has 1 aromatic rings. The van der Waals surface area contributed by atoms with Crippen LogP contribution in [0.25, 0.3) is 0 Å². The van der Waals surface area contributed by atoms with Crippen LogP contribution in [0.2, 0.25) is 0 Å². The van der Waals surface area contributed by atoms with Gasteiger partial charge in [0.05, 0.1) is 0 Å². The van der Waals surface area contributed by atoms with E-state index in [1.807, 2.05) is 0 Å². The third-order valence-corrected chi connectivity index (χ3v) is 6.00. The van der Waals surface area contributed by atoms with Crippen molar-refractivity contribution < 1.29 is 12.8 Å². The van der Waals surface area contributed by atoms with Crippen LogP contribution in [0.3, 0.4) is 0 Å². The van der Waals surface area contributed by atoms with Crippen LogP contribution in [-0.2, 0) is 10.0 Å². The number of nitrogens with zero attached hydrogens (tertiary/aromatic N) is 2. The summed E-state index contributed by atoms with van der Waals surface area (Å²) in [5, 5.41) is 0. The van der Waals surface area contributed by atoms with Crippen molar-refractivity contribution in [3.8, 4) is 0 Å². The minimum Gasteiger partial charge on any atom is -0.399 e. The Morgan fingerprint density at radius 2 is 2.05 bits per heavy atom. The van der Waals surface area contributed by atoms with E-state index in [4.69, 9.17) is 5.73 Å². The van der Waals surface area contributed by atoms with Crippen molar-refractivity contribution in [2.24, 2.45) is 0 Å². The van der Waals surface area contributed by atoms with Crippen LogP contribution in [-0.4, -0.2) is 49.8 Å². The second-order valence-corrected chi connectivity index (χ2v) is 7.29. The smallest absolute Gasteiger partial charge is 0.246 e. The van der Waals surface area contributed by atoms with E-state index in [1.54, 1.807) is 0 Å². The van der Waals surface area contributed by atoms with Crippen LogP contribution in [0.4, 0.5) is 10.1 Å². The minimum atomic E-state index is -3.80. The van der Waals surface area contributed by atoms with Crippen LogP contribution in [0.1, 0.15) is 12.8 Å². The molecule has 0 radical (unpaired) electrons. The third kappa shape index (κ3) is 2.30. The van der Waals surface area contributed by atoms with Crippen LogP contribution in [0.5, 0.6) is 0 Å². The number of halogens is 1. The SMILES string of the molecule is Nc1ccc(F)c(S(=O)(=O)N2CCN3CCCC3C2)c1. The lowest BCUT2D eigenvalue weighted by Crippen LogP contribution is -2.52. The highest BCUT2D eigenvalue weighted by Crippen LogP contribution is 2.27. The quantitative estimate of drug-likeness (QED) is 0.823. The molecular weight excluding hydrogens is 281 g/mol. The Labute approximate surface area is 118 Å². The molecule has 1 unspecified atom stereocenters. The molecule has 7 heteroatoms. The fourth-order valence-electron chi connectivity index (χ4n) is 3.04. The average Bonchev–Trinajstić information content (AvgIpc) is 2.88. The molecular formula is C13H18FN3O2S. The van der Waals surface area contributed by atoms with Crippen molar-refractivity contribution in [1.29, 1.82) is 0 Å². The number of rotatable bonds is 2. The van der Waals surface area contributed by atoms with Crippen molar-refractivity contribution >= 4 is 15.7 Å². The number of benzene rings is 1. The van der Waals surface area contributed by atoms with Crippen LogP contribution >= 0.6 is 0 Å². The second kappa shape index (κ2) is 4.98. The standard InChI is InChI=1S/C13H18FN3O2S/c14-12-4-3-10(15)8-13(12)20(18,19)17-7-6-16-5-1-2-11(16)9-17/h3-4,8,11H,1-2,5-7,9,15H2. The van der Waals surface area contributed by atoms with Gasteiger partial charge in [-0.2, -0.15) is 4.31 Å². The van der Waals surface area contributed by atoms with E-state index in [9.17, 15) is 12.8 Å². The van der Waals surface area contributed by atoms with E-state index in [2.05, 4.69) is 4.90 Å². The van der Waals surface area contributed by atoms with Crippen molar-refractivity contribution in [1.82, 2.24) is 9.21 Å². The van der Waals surface area contributed by atoms with Gasteiger partial charge in [-0.25, -0.2) is 12.8 Å². The Morgan fingerprint density at radius 1 is 1.25 bits per heavy atom. The molecule has 3 rings (SSSR count). The first-order valence-electron chi connectivity index (χ1n) is 6.78. The summed E-state index contributed by atoms with van der Waals surface area (Å²) in [5.41, 5.74) is 5.84. The summed E-state index contributed by atoms with van der Waals surface area (Å²) in [7, 11) is -3.80. The number of hydrogen-bond acceptors (Lipinski definition) is 4.